The molecule has 4 unspecified atom stereocenters. The van der Waals surface area contributed by atoms with Crippen LogP contribution in [-0.2, 0) is 15.0 Å². The number of imidazole rings is 1. The Balaban J connectivity index is 1.27. The average molecular weight is 544 g/mol. The summed E-state index contributed by atoms with van der Waals surface area (Å²) in [7, 11) is 0. The van der Waals surface area contributed by atoms with Gasteiger partial charge in [0.05, 0.1) is 35.6 Å². The summed E-state index contributed by atoms with van der Waals surface area (Å²) in [5, 5.41) is 2.95. The number of carbonyl (C=O) groups excluding carboxylic acids is 2. The second-order valence-corrected chi connectivity index (χ2v) is 11.1. The van der Waals surface area contributed by atoms with E-state index in [1.165, 1.54) is 4.90 Å². The predicted molar refractivity (Wildman–Crippen MR) is 147 cm³/mol. The van der Waals surface area contributed by atoms with Crippen LogP contribution in [0.2, 0.25) is 0 Å². The first-order valence-corrected chi connectivity index (χ1v) is 13.6. The number of amides is 2. The van der Waals surface area contributed by atoms with Gasteiger partial charge in [-0.1, -0.05) is 55.5 Å². The molecule has 2 amide bonds. The van der Waals surface area contributed by atoms with Crippen LogP contribution in [-0.4, -0.2) is 50.0 Å². The summed E-state index contributed by atoms with van der Waals surface area (Å²) in [5.41, 5.74) is 2.95. The molecule has 206 valence electrons. The van der Waals surface area contributed by atoms with Crippen molar-refractivity contribution >= 4 is 22.8 Å². The Morgan fingerprint density at radius 3 is 2.50 bits per heavy atom. The molecule has 7 nitrogen and oxygen atoms in total. The first-order valence-electron chi connectivity index (χ1n) is 13.6. The molecule has 9 heteroatoms. The normalized spacial score (nSPS) is 21.2. The van der Waals surface area contributed by atoms with Crippen molar-refractivity contribution in [2.45, 2.75) is 62.8 Å². The van der Waals surface area contributed by atoms with E-state index >= 15 is 4.39 Å². The Labute approximate surface area is 231 Å². The van der Waals surface area contributed by atoms with Crippen molar-refractivity contribution < 1.29 is 18.4 Å². The lowest BCUT2D eigenvalue weighted by Gasteiger charge is -2.29. The molecule has 3 heterocycles. The van der Waals surface area contributed by atoms with E-state index in [1.807, 2.05) is 61.5 Å². The molecule has 1 aliphatic heterocycles. The molecule has 6 rings (SSSR count). The number of alkyl halides is 1. The lowest BCUT2D eigenvalue weighted by molar-refractivity contribution is -0.140. The molecule has 1 aliphatic carbocycles. The highest BCUT2D eigenvalue weighted by Gasteiger charge is 2.43. The Bertz CT molecular complexity index is 1570. The maximum atomic E-state index is 15.1. The standard InChI is InChI=1S/C31H31F2N5O2/c1-19(38-18-34-23-10-6-7-11-25(23)38)30(40)37-17-21(32)16-26(37)29(39)36-27(20-8-4-3-5-9-20)24-13-12-22(28(33)35-24)31(2)14-15-31/h3-13,18-19,21,26-27H,14-17H2,1-2H3,(H,36,39). The maximum absolute atomic E-state index is 15.1. The molecule has 2 aromatic heterocycles. The highest BCUT2D eigenvalue weighted by atomic mass is 19.1. The second-order valence-electron chi connectivity index (χ2n) is 11.1. The number of likely N-dealkylation sites (tertiary alicyclic amines) is 1. The zero-order chi connectivity index (χ0) is 28.0. The van der Waals surface area contributed by atoms with E-state index < -0.39 is 36.2 Å². The lowest BCUT2D eigenvalue weighted by Crippen LogP contribution is -2.48. The Hall–Kier alpha value is -4.14. The van der Waals surface area contributed by atoms with Crippen LogP contribution in [0.3, 0.4) is 0 Å². The highest BCUT2D eigenvalue weighted by Crippen LogP contribution is 2.48. The number of halogens is 2. The minimum absolute atomic E-state index is 0.116. The van der Waals surface area contributed by atoms with Gasteiger partial charge < -0.3 is 14.8 Å². The van der Waals surface area contributed by atoms with Crippen molar-refractivity contribution in [3.8, 4) is 0 Å². The molecule has 0 bridgehead atoms. The molecule has 0 spiro atoms. The van der Waals surface area contributed by atoms with Crippen LogP contribution in [0, 0.1) is 5.95 Å². The molecule has 1 N–H and O–H groups in total. The van der Waals surface area contributed by atoms with Gasteiger partial charge in [-0.2, -0.15) is 4.39 Å². The van der Waals surface area contributed by atoms with Gasteiger partial charge in [0.1, 0.15) is 18.3 Å². The summed E-state index contributed by atoms with van der Waals surface area (Å²) in [4.78, 5) is 37.2. The lowest BCUT2D eigenvalue weighted by atomic mass is 9.97. The first-order chi connectivity index (χ1) is 19.2. The van der Waals surface area contributed by atoms with Crippen LogP contribution in [0.1, 0.15) is 62.0 Å². The summed E-state index contributed by atoms with van der Waals surface area (Å²) in [5.74, 6) is -1.42. The van der Waals surface area contributed by atoms with Gasteiger partial charge in [0.15, 0.2) is 0 Å². The fourth-order valence-corrected chi connectivity index (χ4v) is 5.65. The number of benzene rings is 2. The number of hydrogen-bond acceptors (Lipinski definition) is 4. The molecule has 4 aromatic rings. The summed E-state index contributed by atoms with van der Waals surface area (Å²) in [6.45, 7) is 3.55. The zero-order valence-corrected chi connectivity index (χ0v) is 22.4. The number of pyridine rings is 1. The number of nitrogens with zero attached hydrogens (tertiary/aromatic N) is 4. The molecular weight excluding hydrogens is 512 g/mol. The van der Waals surface area contributed by atoms with E-state index in [0.29, 0.717) is 16.8 Å². The minimum Gasteiger partial charge on any atom is -0.342 e. The molecule has 2 aromatic carbocycles. The monoisotopic (exact) mass is 543 g/mol. The first kappa shape index (κ1) is 26.1. The zero-order valence-electron chi connectivity index (χ0n) is 22.4. The second kappa shape index (κ2) is 10.1. The molecule has 0 radical (unpaired) electrons. The van der Waals surface area contributed by atoms with E-state index in [2.05, 4.69) is 15.3 Å². The number of carbonyl (C=O) groups is 2. The van der Waals surface area contributed by atoms with Gasteiger partial charge in [-0.05, 0) is 48.9 Å². The number of para-hydroxylation sites is 2. The number of rotatable bonds is 7. The van der Waals surface area contributed by atoms with E-state index in [0.717, 1.165) is 23.9 Å². The third-order valence-electron chi connectivity index (χ3n) is 8.33. The minimum atomic E-state index is -1.34. The fraction of sp³-hybridized carbons (Fsp3) is 0.355. The molecule has 1 saturated carbocycles. The van der Waals surface area contributed by atoms with Crippen molar-refractivity contribution in [3.05, 3.63) is 95.8 Å². The van der Waals surface area contributed by atoms with Crippen molar-refractivity contribution in [1.29, 1.82) is 0 Å². The molecular formula is C31H31F2N5O2. The summed E-state index contributed by atoms with van der Waals surface area (Å²) >= 11 is 0. The van der Waals surface area contributed by atoms with Gasteiger partial charge >= 0.3 is 0 Å². The van der Waals surface area contributed by atoms with Gasteiger partial charge in [0.25, 0.3) is 0 Å². The van der Waals surface area contributed by atoms with Gasteiger partial charge in [0.2, 0.25) is 17.8 Å². The number of fused-ring (bicyclic) bond motifs is 1. The Morgan fingerprint density at radius 2 is 1.77 bits per heavy atom. The van der Waals surface area contributed by atoms with Crippen molar-refractivity contribution in [3.63, 3.8) is 0 Å². The van der Waals surface area contributed by atoms with Gasteiger partial charge in [0, 0.05) is 12.0 Å². The van der Waals surface area contributed by atoms with E-state index in [4.69, 9.17) is 0 Å². The molecule has 4 atom stereocenters. The van der Waals surface area contributed by atoms with E-state index in [-0.39, 0.29) is 24.3 Å². The Kier molecular flexibility index (Phi) is 6.60. The van der Waals surface area contributed by atoms with E-state index in [1.54, 1.807) is 30.0 Å². The third kappa shape index (κ3) is 4.74. The summed E-state index contributed by atoms with van der Waals surface area (Å²) < 4.78 is 31.6. The topological polar surface area (TPSA) is 80.1 Å². The third-order valence-corrected chi connectivity index (χ3v) is 8.33. The number of aromatic nitrogens is 3. The van der Waals surface area contributed by atoms with E-state index in [9.17, 15) is 14.0 Å². The van der Waals surface area contributed by atoms with Crippen molar-refractivity contribution in [2.75, 3.05) is 6.54 Å². The Morgan fingerprint density at radius 1 is 1.05 bits per heavy atom. The average Bonchev–Trinajstić information content (AvgIpc) is 3.38. The molecule has 2 aliphatic rings. The smallest absolute Gasteiger partial charge is 0.246 e. The van der Waals surface area contributed by atoms with Crippen molar-refractivity contribution in [2.24, 2.45) is 0 Å². The van der Waals surface area contributed by atoms with Crippen LogP contribution < -0.4 is 5.32 Å². The maximum Gasteiger partial charge on any atom is 0.246 e. The quantitative estimate of drug-likeness (QED) is 0.332. The SMILES string of the molecule is CC(C(=O)N1CC(F)CC1C(=O)NC(c1ccccc1)c1ccc(C2(C)CC2)c(F)n1)n1cnc2ccccc21. The highest BCUT2D eigenvalue weighted by molar-refractivity contribution is 5.91. The fourth-order valence-electron chi connectivity index (χ4n) is 5.65. The van der Waals surface area contributed by atoms with Gasteiger partial charge in [-0.25, -0.2) is 14.4 Å². The van der Waals surface area contributed by atoms with Gasteiger partial charge in [-0.15, -0.1) is 0 Å². The van der Waals surface area contributed by atoms with Crippen molar-refractivity contribution in [1.82, 2.24) is 24.8 Å². The number of nitrogens with one attached hydrogen (secondary N) is 1. The predicted octanol–water partition coefficient (Wildman–Crippen LogP) is 5.03. The van der Waals surface area contributed by atoms with Gasteiger partial charge in [-0.3, -0.25) is 9.59 Å². The molecule has 2 fully saturated rings. The van der Waals surface area contributed by atoms with Crippen LogP contribution >= 0.6 is 0 Å². The largest absolute Gasteiger partial charge is 0.342 e. The molecule has 40 heavy (non-hydrogen) atoms. The number of hydrogen-bond donors (Lipinski definition) is 1. The van der Waals surface area contributed by atoms with Crippen LogP contribution in [0.5, 0.6) is 0 Å². The van der Waals surface area contributed by atoms with Crippen LogP contribution in [0.15, 0.2) is 73.1 Å². The summed E-state index contributed by atoms with van der Waals surface area (Å²) in [6.07, 6.45) is 1.95. The summed E-state index contributed by atoms with van der Waals surface area (Å²) in [6, 6.07) is 17.6. The van der Waals surface area contributed by atoms with Crippen LogP contribution in [0.4, 0.5) is 8.78 Å². The molecule has 1 saturated heterocycles. The van der Waals surface area contributed by atoms with Crippen LogP contribution in [0.25, 0.3) is 11.0 Å².